The number of nitrogens with zero attached hydrogens (tertiary/aromatic N) is 1. The SMILES string of the molecule is COc1cc(CO)c([C@@H]2CCN(C)[C@H]2COC(C)=O)c(OC=O)c1C(C)=O.[Ar]. The van der Waals surface area contributed by atoms with E-state index in [0.717, 1.165) is 6.54 Å². The molecule has 9 heteroatoms. The van der Waals surface area contributed by atoms with Crippen molar-refractivity contribution in [2.75, 3.05) is 27.3 Å². The normalized spacial score (nSPS) is 18.9. The van der Waals surface area contributed by atoms with Crippen molar-refractivity contribution in [2.45, 2.75) is 38.8 Å². The van der Waals surface area contributed by atoms with Gasteiger partial charge in [-0.05, 0) is 38.6 Å². The van der Waals surface area contributed by atoms with Gasteiger partial charge in [0.1, 0.15) is 23.7 Å². The average Bonchev–Trinajstić information content (AvgIpc) is 2.98. The Morgan fingerprint density at radius 1 is 1.36 bits per heavy atom. The quantitative estimate of drug-likeness (QED) is 0.382. The third kappa shape index (κ3) is 5.24. The fourth-order valence-corrected chi connectivity index (χ4v) is 3.69. The molecule has 1 heterocycles. The van der Waals surface area contributed by atoms with Gasteiger partial charge < -0.3 is 19.3 Å². The van der Waals surface area contributed by atoms with E-state index in [1.807, 2.05) is 11.9 Å². The van der Waals surface area contributed by atoms with Crippen LogP contribution in [-0.2, 0) is 20.9 Å². The summed E-state index contributed by atoms with van der Waals surface area (Å²) in [7, 11) is 3.31. The van der Waals surface area contributed by atoms with Crippen molar-refractivity contribution in [3.8, 4) is 11.5 Å². The number of likely N-dealkylation sites (tertiary alicyclic amines) is 1. The zero-order valence-electron chi connectivity index (χ0n) is 16.3. The van der Waals surface area contributed by atoms with E-state index in [0.29, 0.717) is 17.5 Å². The van der Waals surface area contributed by atoms with E-state index in [1.54, 1.807) is 6.07 Å². The fourth-order valence-electron chi connectivity index (χ4n) is 3.69. The molecule has 0 radical (unpaired) electrons. The molecule has 2 rings (SSSR count). The van der Waals surface area contributed by atoms with Crippen LogP contribution in [0.15, 0.2) is 6.07 Å². The van der Waals surface area contributed by atoms with Crippen molar-refractivity contribution < 1.29 is 71.4 Å². The second-order valence-electron chi connectivity index (χ2n) is 6.53. The summed E-state index contributed by atoms with van der Waals surface area (Å²) < 4.78 is 15.7. The first-order chi connectivity index (χ1) is 12.8. The van der Waals surface area contributed by atoms with Crippen molar-refractivity contribution in [1.82, 2.24) is 4.90 Å². The van der Waals surface area contributed by atoms with Crippen LogP contribution in [0.1, 0.15) is 47.7 Å². The minimum absolute atomic E-state index is 0. The van der Waals surface area contributed by atoms with Crippen LogP contribution in [0, 0.1) is 37.7 Å². The number of aliphatic hydroxyl groups excluding tert-OH is 1. The Balaban J connectivity index is 0.00000392. The first-order valence-electron chi connectivity index (χ1n) is 8.65. The number of benzene rings is 1. The van der Waals surface area contributed by atoms with E-state index in [4.69, 9.17) is 14.2 Å². The number of methoxy groups -OCH3 is 1. The van der Waals surface area contributed by atoms with Crippen LogP contribution in [0.25, 0.3) is 0 Å². The van der Waals surface area contributed by atoms with E-state index in [9.17, 15) is 19.5 Å². The first kappa shape index (κ1) is 24.8. The molecule has 0 saturated carbocycles. The zero-order valence-corrected chi connectivity index (χ0v) is 17.0. The second kappa shape index (κ2) is 11.1. The van der Waals surface area contributed by atoms with Crippen molar-refractivity contribution >= 4 is 18.2 Å². The smallest absolute Gasteiger partial charge is 0.302 e. The van der Waals surface area contributed by atoms with Crippen molar-refractivity contribution in [3.05, 3.63) is 22.8 Å². The Morgan fingerprint density at radius 3 is 2.54 bits per heavy atom. The second-order valence-corrected chi connectivity index (χ2v) is 6.53. The number of likely N-dealkylation sites (N-methyl/N-ethyl adjacent to an activating group) is 1. The third-order valence-corrected chi connectivity index (χ3v) is 4.93. The van der Waals surface area contributed by atoms with Gasteiger partial charge >= 0.3 is 5.97 Å². The van der Waals surface area contributed by atoms with Crippen LogP contribution in [0.4, 0.5) is 0 Å². The van der Waals surface area contributed by atoms with Gasteiger partial charge in [0.25, 0.3) is 6.47 Å². The third-order valence-electron chi connectivity index (χ3n) is 4.93. The maximum absolute atomic E-state index is 12.2. The van der Waals surface area contributed by atoms with E-state index in [2.05, 4.69) is 0 Å². The van der Waals surface area contributed by atoms with E-state index < -0.39 is 0 Å². The van der Waals surface area contributed by atoms with Gasteiger partial charge in [-0.3, -0.25) is 19.3 Å². The van der Waals surface area contributed by atoms with Crippen LogP contribution in [0.2, 0.25) is 0 Å². The molecule has 8 nitrogen and oxygen atoms in total. The van der Waals surface area contributed by atoms with Gasteiger partial charge in [-0.25, -0.2) is 0 Å². The Bertz CT molecular complexity index is 737. The summed E-state index contributed by atoms with van der Waals surface area (Å²) in [6, 6.07) is 1.41. The van der Waals surface area contributed by atoms with Crippen LogP contribution >= 0.6 is 0 Å². The number of esters is 1. The number of ketones is 1. The molecule has 1 aliphatic rings. The Hall–Kier alpha value is -1.19. The molecule has 1 saturated heterocycles. The molecule has 0 aromatic heterocycles. The molecule has 28 heavy (non-hydrogen) atoms. The molecule has 1 N–H and O–H groups in total. The minimum Gasteiger partial charge on any atom is -0.496 e. The maximum Gasteiger partial charge on any atom is 0.302 e. The van der Waals surface area contributed by atoms with Gasteiger partial charge in [0.15, 0.2) is 5.78 Å². The standard InChI is InChI=1S/C19H25NO7.Ar/c1-11(23)17-16(25-4)7-13(8-21)18(19(17)27-10-22)14-5-6-20(3)15(14)9-26-12(2)24;/h7,10,14-15,21H,5-6,8-9H2,1-4H3;/t14-,15+;/m1./s1. The van der Waals surface area contributed by atoms with Gasteiger partial charge in [-0.2, -0.15) is 0 Å². The minimum atomic E-state index is -0.389. The number of hydrogen-bond acceptors (Lipinski definition) is 8. The largest absolute Gasteiger partial charge is 0.496 e. The summed E-state index contributed by atoms with van der Waals surface area (Å²) in [5.74, 6) is -0.586. The molecule has 0 bridgehead atoms. The van der Waals surface area contributed by atoms with Gasteiger partial charge in [0.05, 0.1) is 19.8 Å². The summed E-state index contributed by atoms with van der Waals surface area (Å²) >= 11 is 0. The van der Waals surface area contributed by atoms with E-state index in [1.165, 1.54) is 21.0 Å². The summed E-state index contributed by atoms with van der Waals surface area (Å²) in [5.41, 5.74) is 1.22. The fraction of sp³-hybridized carbons (Fsp3) is 0.526. The predicted molar refractivity (Wildman–Crippen MR) is 96.0 cm³/mol. The molecule has 156 valence electrons. The molecule has 0 amide bonds. The first-order valence-corrected chi connectivity index (χ1v) is 8.65. The van der Waals surface area contributed by atoms with Crippen LogP contribution in [0.3, 0.4) is 0 Å². The molecule has 1 aromatic rings. The molecule has 1 aliphatic heterocycles. The molecule has 1 fully saturated rings. The van der Waals surface area contributed by atoms with Gasteiger partial charge in [0, 0.05) is 56.1 Å². The zero-order chi connectivity index (χ0) is 20.1. The van der Waals surface area contributed by atoms with Crippen molar-refractivity contribution in [2.24, 2.45) is 0 Å². The van der Waals surface area contributed by atoms with Gasteiger partial charge in [-0.15, -0.1) is 0 Å². The van der Waals surface area contributed by atoms with Crippen LogP contribution in [-0.4, -0.2) is 61.6 Å². The predicted octanol–water partition coefficient (Wildman–Crippen LogP) is 1.28. The Morgan fingerprint density at radius 2 is 2.04 bits per heavy atom. The van der Waals surface area contributed by atoms with Crippen molar-refractivity contribution in [1.29, 1.82) is 0 Å². The van der Waals surface area contributed by atoms with Crippen LogP contribution < -0.4 is 9.47 Å². The van der Waals surface area contributed by atoms with Crippen molar-refractivity contribution in [3.63, 3.8) is 0 Å². The number of aliphatic hydroxyl groups is 1. The molecule has 2 atom stereocenters. The molecule has 0 aliphatic carbocycles. The number of Topliss-reactive ketones (excluding diaryl/α,β-unsaturated/α-hetero) is 1. The number of ether oxygens (including phenoxy) is 3. The molecule has 0 unspecified atom stereocenters. The number of carbonyl (C=O) groups excluding carboxylic acids is 3. The molecular formula is C19H25ArNO7. The van der Waals surface area contributed by atoms with Crippen LogP contribution in [0.5, 0.6) is 11.5 Å². The van der Waals surface area contributed by atoms with Gasteiger partial charge in [-0.1, -0.05) is 0 Å². The summed E-state index contributed by atoms with van der Waals surface area (Å²) in [4.78, 5) is 36.7. The Labute approximate surface area is 194 Å². The van der Waals surface area contributed by atoms with E-state index in [-0.39, 0.29) is 98.2 Å². The molecular weight excluding hydrogens is 394 g/mol. The number of hydrogen-bond donors (Lipinski definition) is 1. The number of carbonyl (C=O) groups is 3. The average molecular weight is 419 g/mol. The summed E-state index contributed by atoms with van der Waals surface area (Å²) in [5, 5.41) is 9.91. The monoisotopic (exact) mass is 419 g/mol. The van der Waals surface area contributed by atoms with Gasteiger partial charge in [0.2, 0.25) is 0 Å². The Kier molecular flexibility index (Phi) is 9.86. The number of rotatable bonds is 8. The summed E-state index contributed by atoms with van der Waals surface area (Å²) in [6.45, 7) is 3.51. The molecule has 1 aromatic carbocycles. The topological polar surface area (TPSA) is 102 Å². The van der Waals surface area contributed by atoms with E-state index >= 15 is 0 Å². The molecule has 0 spiro atoms. The summed E-state index contributed by atoms with van der Waals surface area (Å²) in [6.07, 6.45) is 0.689. The maximum atomic E-state index is 12.2.